The van der Waals surface area contributed by atoms with Crippen molar-refractivity contribution < 1.29 is 14.7 Å². The highest BCUT2D eigenvalue weighted by atomic mass is 16.4. The summed E-state index contributed by atoms with van der Waals surface area (Å²) in [6.07, 6.45) is 1.89. The van der Waals surface area contributed by atoms with Crippen LogP contribution in [0, 0.1) is 0 Å². The smallest absolute Gasteiger partial charge is 0.335 e. The number of carbonyl (C=O) groups excluding carboxylic acids is 1. The van der Waals surface area contributed by atoms with Crippen molar-refractivity contribution in [1.82, 2.24) is 20.1 Å². The maximum Gasteiger partial charge on any atom is 0.335 e. The molecule has 7 nitrogen and oxygen atoms in total. The molecule has 1 fully saturated rings. The first-order valence-corrected chi connectivity index (χ1v) is 7.40. The largest absolute Gasteiger partial charge is 0.478 e. The highest BCUT2D eigenvalue weighted by Gasteiger charge is 2.14. The maximum atomic E-state index is 11.8. The molecule has 0 saturated carbocycles. The minimum absolute atomic E-state index is 0.0403. The Kier molecular flexibility index (Phi) is 5.85. The molecular formula is C15H22N4O3. The molecule has 0 spiro atoms. The second-order valence-electron chi connectivity index (χ2n) is 5.51. The van der Waals surface area contributed by atoms with E-state index in [1.165, 1.54) is 18.3 Å². The fourth-order valence-corrected chi connectivity index (χ4v) is 2.32. The van der Waals surface area contributed by atoms with Gasteiger partial charge in [0, 0.05) is 45.3 Å². The molecule has 1 amide bonds. The first-order valence-electron chi connectivity index (χ1n) is 7.40. The van der Waals surface area contributed by atoms with Gasteiger partial charge in [-0.2, -0.15) is 0 Å². The zero-order valence-electron chi connectivity index (χ0n) is 12.8. The molecule has 2 rings (SSSR count). The number of carboxylic acids is 1. The van der Waals surface area contributed by atoms with E-state index in [2.05, 4.69) is 27.1 Å². The molecule has 2 heterocycles. The fraction of sp³-hybridized carbons (Fsp3) is 0.533. The van der Waals surface area contributed by atoms with E-state index in [-0.39, 0.29) is 18.0 Å². The van der Waals surface area contributed by atoms with Crippen molar-refractivity contribution in [2.45, 2.75) is 13.0 Å². The Labute approximate surface area is 129 Å². The Morgan fingerprint density at radius 3 is 2.73 bits per heavy atom. The topological polar surface area (TPSA) is 85.8 Å². The SMILES string of the molecule is CN1CCN(CCC(=O)NCc2cc(C(=O)O)ccn2)CC1. The zero-order chi connectivity index (χ0) is 15.9. The lowest BCUT2D eigenvalue weighted by Crippen LogP contribution is -2.45. The van der Waals surface area contributed by atoms with E-state index in [1.54, 1.807) is 0 Å². The summed E-state index contributed by atoms with van der Waals surface area (Å²) in [6, 6.07) is 2.91. The van der Waals surface area contributed by atoms with Crippen LogP contribution in [-0.4, -0.2) is 71.5 Å². The number of carbonyl (C=O) groups is 2. The Morgan fingerprint density at radius 2 is 2.05 bits per heavy atom. The normalized spacial score (nSPS) is 16.4. The number of piperazine rings is 1. The average molecular weight is 306 g/mol. The van der Waals surface area contributed by atoms with Crippen molar-refractivity contribution in [3.05, 3.63) is 29.6 Å². The van der Waals surface area contributed by atoms with E-state index in [0.29, 0.717) is 12.1 Å². The van der Waals surface area contributed by atoms with Crippen molar-refractivity contribution in [3.63, 3.8) is 0 Å². The van der Waals surface area contributed by atoms with Crippen molar-refractivity contribution in [3.8, 4) is 0 Å². The van der Waals surface area contributed by atoms with Gasteiger partial charge in [-0.25, -0.2) is 4.79 Å². The third-order valence-electron chi connectivity index (χ3n) is 3.78. The zero-order valence-corrected chi connectivity index (χ0v) is 12.8. The van der Waals surface area contributed by atoms with Crippen molar-refractivity contribution >= 4 is 11.9 Å². The summed E-state index contributed by atoms with van der Waals surface area (Å²) in [6.45, 7) is 5.06. The van der Waals surface area contributed by atoms with Crippen LogP contribution in [0.15, 0.2) is 18.3 Å². The molecule has 7 heteroatoms. The number of hydrogen-bond donors (Lipinski definition) is 2. The number of aromatic nitrogens is 1. The van der Waals surface area contributed by atoms with E-state index >= 15 is 0 Å². The minimum atomic E-state index is -0.995. The number of pyridine rings is 1. The van der Waals surface area contributed by atoms with E-state index in [9.17, 15) is 9.59 Å². The molecule has 0 aromatic carbocycles. The Bertz CT molecular complexity index is 527. The van der Waals surface area contributed by atoms with Crippen LogP contribution in [0.1, 0.15) is 22.5 Å². The average Bonchev–Trinajstić information content (AvgIpc) is 2.52. The monoisotopic (exact) mass is 306 g/mol. The summed E-state index contributed by atoms with van der Waals surface area (Å²) >= 11 is 0. The third-order valence-corrected chi connectivity index (χ3v) is 3.78. The predicted molar refractivity (Wildman–Crippen MR) is 81.6 cm³/mol. The number of carboxylic acid groups (broad SMARTS) is 1. The summed E-state index contributed by atoms with van der Waals surface area (Å²) in [5.41, 5.74) is 0.726. The number of rotatable bonds is 6. The van der Waals surface area contributed by atoms with Crippen LogP contribution < -0.4 is 5.32 Å². The van der Waals surface area contributed by atoms with Crippen LogP contribution in [0.5, 0.6) is 0 Å². The third kappa shape index (κ3) is 5.09. The molecule has 0 atom stereocenters. The maximum absolute atomic E-state index is 11.8. The lowest BCUT2D eigenvalue weighted by atomic mass is 10.2. The van der Waals surface area contributed by atoms with Crippen LogP contribution in [0.4, 0.5) is 0 Å². The van der Waals surface area contributed by atoms with Crippen LogP contribution >= 0.6 is 0 Å². The van der Waals surface area contributed by atoms with Gasteiger partial charge in [-0.3, -0.25) is 9.78 Å². The van der Waals surface area contributed by atoms with Gasteiger partial charge in [0.2, 0.25) is 5.91 Å². The van der Waals surface area contributed by atoms with Gasteiger partial charge in [0.1, 0.15) is 0 Å². The fourth-order valence-electron chi connectivity index (χ4n) is 2.32. The van der Waals surface area contributed by atoms with Gasteiger partial charge in [0.25, 0.3) is 0 Å². The first-order chi connectivity index (χ1) is 10.5. The predicted octanol–water partition coefficient (Wildman–Crippen LogP) is 0.0335. The molecule has 0 radical (unpaired) electrons. The second kappa shape index (κ2) is 7.86. The minimum Gasteiger partial charge on any atom is -0.478 e. The summed E-state index contributed by atoms with van der Waals surface area (Å²) in [5, 5.41) is 11.7. The molecule has 2 N–H and O–H groups in total. The van der Waals surface area contributed by atoms with Crippen LogP contribution in [-0.2, 0) is 11.3 Å². The molecule has 0 unspecified atom stereocenters. The molecule has 1 aromatic heterocycles. The van der Waals surface area contributed by atoms with Gasteiger partial charge in [-0.15, -0.1) is 0 Å². The molecule has 1 aliphatic heterocycles. The molecule has 22 heavy (non-hydrogen) atoms. The second-order valence-corrected chi connectivity index (χ2v) is 5.51. The molecule has 1 aromatic rings. The highest BCUT2D eigenvalue weighted by Crippen LogP contribution is 2.03. The number of nitrogens with zero attached hydrogens (tertiary/aromatic N) is 3. The van der Waals surface area contributed by atoms with Crippen molar-refractivity contribution in [2.24, 2.45) is 0 Å². The summed E-state index contributed by atoms with van der Waals surface area (Å²) in [5.74, 6) is -1.04. The first kappa shape index (κ1) is 16.4. The standard InChI is InChI=1S/C15H22N4O3/c1-18-6-8-19(9-7-18)5-3-14(20)17-11-13-10-12(15(21)22)2-4-16-13/h2,4,10H,3,5-9,11H2,1H3,(H,17,20)(H,21,22). The molecular weight excluding hydrogens is 284 g/mol. The summed E-state index contributed by atoms with van der Waals surface area (Å²) < 4.78 is 0. The molecule has 0 aliphatic carbocycles. The van der Waals surface area contributed by atoms with Crippen LogP contribution in [0.3, 0.4) is 0 Å². The molecule has 0 bridgehead atoms. The van der Waals surface area contributed by atoms with Gasteiger partial charge in [-0.1, -0.05) is 0 Å². The van der Waals surface area contributed by atoms with Crippen molar-refractivity contribution in [1.29, 1.82) is 0 Å². The Morgan fingerprint density at radius 1 is 1.32 bits per heavy atom. The lowest BCUT2D eigenvalue weighted by molar-refractivity contribution is -0.121. The van der Waals surface area contributed by atoms with Crippen LogP contribution in [0.25, 0.3) is 0 Å². The van der Waals surface area contributed by atoms with Crippen LogP contribution in [0.2, 0.25) is 0 Å². The molecule has 1 aliphatic rings. The van der Waals surface area contributed by atoms with Gasteiger partial charge >= 0.3 is 5.97 Å². The van der Waals surface area contributed by atoms with Gasteiger partial charge in [-0.05, 0) is 19.2 Å². The van der Waals surface area contributed by atoms with Gasteiger partial charge in [0.15, 0.2) is 0 Å². The van der Waals surface area contributed by atoms with Gasteiger partial charge in [0.05, 0.1) is 17.8 Å². The number of aromatic carboxylic acids is 1. The number of amides is 1. The molecule has 120 valence electrons. The summed E-state index contributed by atoms with van der Waals surface area (Å²) in [4.78, 5) is 31.3. The molecule has 1 saturated heterocycles. The lowest BCUT2D eigenvalue weighted by Gasteiger charge is -2.32. The number of nitrogens with one attached hydrogen (secondary N) is 1. The number of likely N-dealkylation sites (N-methyl/N-ethyl adjacent to an activating group) is 1. The van der Waals surface area contributed by atoms with E-state index < -0.39 is 5.97 Å². The highest BCUT2D eigenvalue weighted by molar-refractivity contribution is 5.87. The Balaban J connectivity index is 1.71. The van der Waals surface area contributed by atoms with E-state index in [1.807, 2.05) is 0 Å². The van der Waals surface area contributed by atoms with E-state index in [0.717, 1.165) is 32.7 Å². The summed E-state index contributed by atoms with van der Waals surface area (Å²) in [7, 11) is 2.10. The number of hydrogen-bond acceptors (Lipinski definition) is 5. The Hall–Kier alpha value is -1.99. The quantitative estimate of drug-likeness (QED) is 0.771. The van der Waals surface area contributed by atoms with E-state index in [4.69, 9.17) is 5.11 Å². The van der Waals surface area contributed by atoms with Gasteiger partial charge < -0.3 is 20.2 Å². The van der Waals surface area contributed by atoms with Crippen molar-refractivity contribution in [2.75, 3.05) is 39.8 Å².